The van der Waals surface area contributed by atoms with Crippen LogP contribution in [-0.4, -0.2) is 5.54 Å². The molecule has 0 aromatic heterocycles. The van der Waals surface area contributed by atoms with Gasteiger partial charge in [-0.05, 0) is 59.5 Å². The molecule has 76 valence electrons. The molecule has 0 aliphatic heterocycles. The van der Waals surface area contributed by atoms with Crippen LogP contribution in [0.3, 0.4) is 0 Å². The van der Waals surface area contributed by atoms with Gasteiger partial charge >= 0.3 is 0 Å². The van der Waals surface area contributed by atoms with Crippen LogP contribution in [0, 0.1) is 3.57 Å². The summed E-state index contributed by atoms with van der Waals surface area (Å²) in [6, 6.07) is 8.73. The fourth-order valence-corrected chi connectivity index (χ4v) is 2.62. The highest BCUT2D eigenvalue weighted by molar-refractivity contribution is 14.1. The Kier molecular flexibility index (Phi) is 3.12. The Bertz CT molecular complexity index is 299. The maximum absolute atomic E-state index is 6.33. The Hall–Kier alpha value is -0.0900. The monoisotopic (exact) mass is 301 g/mol. The van der Waals surface area contributed by atoms with Crippen LogP contribution in [0.5, 0.6) is 0 Å². The van der Waals surface area contributed by atoms with E-state index >= 15 is 0 Å². The second kappa shape index (κ2) is 4.19. The fourth-order valence-electron chi connectivity index (χ4n) is 2.26. The zero-order chi connectivity index (χ0) is 10.0. The first-order valence-electron chi connectivity index (χ1n) is 5.21. The van der Waals surface area contributed by atoms with Gasteiger partial charge in [0.2, 0.25) is 0 Å². The smallest absolute Gasteiger partial charge is 0.0195 e. The van der Waals surface area contributed by atoms with Gasteiger partial charge in [-0.25, -0.2) is 0 Å². The molecule has 1 aromatic rings. The van der Waals surface area contributed by atoms with Crippen molar-refractivity contribution in [3.05, 3.63) is 33.4 Å². The van der Waals surface area contributed by atoms with E-state index in [9.17, 15) is 0 Å². The number of benzene rings is 1. The zero-order valence-electron chi connectivity index (χ0n) is 8.30. The summed E-state index contributed by atoms with van der Waals surface area (Å²) in [6.45, 7) is 0. The van der Waals surface area contributed by atoms with Crippen molar-refractivity contribution in [3.63, 3.8) is 0 Å². The second-order valence-electron chi connectivity index (χ2n) is 4.37. The minimum atomic E-state index is 0.0901. The Labute approximate surface area is 99.2 Å². The molecule has 0 spiro atoms. The van der Waals surface area contributed by atoms with Crippen LogP contribution in [0.15, 0.2) is 24.3 Å². The second-order valence-corrected chi connectivity index (χ2v) is 5.62. The molecule has 2 N–H and O–H groups in total. The lowest BCUT2D eigenvalue weighted by Crippen LogP contribution is -2.38. The van der Waals surface area contributed by atoms with Gasteiger partial charge in [0.25, 0.3) is 0 Å². The third kappa shape index (κ3) is 2.48. The van der Waals surface area contributed by atoms with Crippen molar-refractivity contribution in [2.75, 3.05) is 0 Å². The van der Waals surface area contributed by atoms with Gasteiger partial charge in [-0.1, -0.05) is 25.0 Å². The Morgan fingerprint density at radius 2 is 1.71 bits per heavy atom. The molecule has 1 saturated carbocycles. The topological polar surface area (TPSA) is 26.0 Å². The van der Waals surface area contributed by atoms with E-state index in [2.05, 4.69) is 46.9 Å². The van der Waals surface area contributed by atoms with E-state index < -0.39 is 0 Å². The summed E-state index contributed by atoms with van der Waals surface area (Å²) in [7, 11) is 0. The van der Waals surface area contributed by atoms with Gasteiger partial charge in [-0.15, -0.1) is 0 Å². The quantitative estimate of drug-likeness (QED) is 0.835. The first kappa shape index (κ1) is 10.4. The molecule has 1 nitrogen and oxygen atoms in total. The molecule has 0 amide bonds. The molecule has 1 aliphatic carbocycles. The van der Waals surface area contributed by atoms with E-state index in [1.807, 2.05) is 0 Å². The maximum Gasteiger partial charge on any atom is 0.0195 e. The van der Waals surface area contributed by atoms with Crippen molar-refractivity contribution in [3.8, 4) is 0 Å². The van der Waals surface area contributed by atoms with E-state index in [4.69, 9.17) is 5.73 Å². The fraction of sp³-hybridized carbons (Fsp3) is 0.500. The lowest BCUT2D eigenvalue weighted by molar-refractivity contribution is 0.436. The molecule has 0 saturated heterocycles. The summed E-state index contributed by atoms with van der Waals surface area (Å²) < 4.78 is 1.30. The molecular formula is C12H16IN. The molecule has 1 fully saturated rings. The molecule has 2 rings (SSSR count). The van der Waals surface area contributed by atoms with Crippen molar-refractivity contribution in [2.45, 2.75) is 37.6 Å². The summed E-state index contributed by atoms with van der Waals surface area (Å²) >= 11 is 2.33. The van der Waals surface area contributed by atoms with E-state index in [1.165, 1.54) is 34.8 Å². The van der Waals surface area contributed by atoms with Crippen LogP contribution >= 0.6 is 22.6 Å². The maximum atomic E-state index is 6.33. The third-order valence-corrected chi connectivity index (χ3v) is 3.79. The van der Waals surface area contributed by atoms with Gasteiger partial charge < -0.3 is 5.73 Å². The first-order chi connectivity index (χ1) is 6.68. The molecule has 1 aromatic carbocycles. The summed E-state index contributed by atoms with van der Waals surface area (Å²) in [5, 5.41) is 0. The van der Waals surface area contributed by atoms with Crippen LogP contribution in [0.25, 0.3) is 0 Å². The normalized spacial score (nSPS) is 19.9. The van der Waals surface area contributed by atoms with E-state index in [0.717, 1.165) is 6.42 Å². The van der Waals surface area contributed by atoms with E-state index in [1.54, 1.807) is 0 Å². The summed E-state index contributed by atoms with van der Waals surface area (Å²) in [5.74, 6) is 0. The number of halogens is 1. The highest BCUT2D eigenvalue weighted by atomic mass is 127. The first-order valence-corrected chi connectivity index (χ1v) is 6.29. The molecular weight excluding hydrogens is 285 g/mol. The van der Waals surface area contributed by atoms with Gasteiger partial charge in [0, 0.05) is 9.11 Å². The van der Waals surface area contributed by atoms with Crippen molar-refractivity contribution in [1.82, 2.24) is 0 Å². The third-order valence-electron chi connectivity index (χ3n) is 3.07. The minimum absolute atomic E-state index is 0.0901. The van der Waals surface area contributed by atoms with Gasteiger partial charge in [-0.2, -0.15) is 0 Å². The number of rotatable bonds is 2. The SMILES string of the molecule is NC1(Cc2ccc(I)cc2)CCCC1. The lowest BCUT2D eigenvalue weighted by atomic mass is 9.90. The molecule has 2 heteroatoms. The molecule has 0 unspecified atom stereocenters. The van der Waals surface area contributed by atoms with E-state index in [-0.39, 0.29) is 5.54 Å². The predicted molar refractivity (Wildman–Crippen MR) is 68.2 cm³/mol. The van der Waals surface area contributed by atoms with Crippen molar-refractivity contribution >= 4 is 22.6 Å². The average molecular weight is 301 g/mol. The van der Waals surface area contributed by atoms with Crippen molar-refractivity contribution < 1.29 is 0 Å². The average Bonchev–Trinajstić information content (AvgIpc) is 2.57. The number of nitrogens with two attached hydrogens (primary N) is 1. The van der Waals surface area contributed by atoms with E-state index in [0.29, 0.717) is 0 Å². The minimum Gasteiger partial charge on any atom is -0.325 e. The lowest BCUT2D eigenvalue weighted by Gasteiger charge is -2.23. The van der Waals surface area contributed by atoms with Crippen LogP contribution in [0.1, 0.15) is 31.2 Å². The van der Waals surface area contributed by atoms with Crippen LogP contribution < -0.4 is 5.73 Å². The van der Waals surface area contributed by atoms with Crippen molar-refractivity contribution in [2.24, 2.45) is 5.73 Å². The Morgan fingerprint density at radius 3 is 2.29 bits per heavy atom. The standard InChI is InChI=1S/C12H16IN/c13-11-5-3-10(4-6-11)9-12(14)7-1-2-8-12/h3-6H,1-2,7-9,14H2. The summed E-state index contributed by atoms with van der Waals surface area (Å²) in [6.07, 6.45) is 6.05. The van der Waals surface area contributed by atoms with Crippen LogP contribution in [0.4, 0.5) is 0 Å². The van der Waals surface area contributed by atoms with Gasteiger partial charge in [0.1, 0.15) is 0 Å². The van der Waals surface area contributed by atoms with Crippen LogP contribution in [0.2, 0.25) is 0 Å². The highest BCUT2D eigenvalue weighted by Gasteiger charge is 2.29. The molecule has 1 aliphatic rings. The summed E-state index contributed by atoms with van der Waals surface area (Å²) in [5.41, 5.74) is 7.80. The molecule has 14 heavy (non-hydrogen) atoms. The predicted octanol–water partition coefficient (Wildman–Crippen LogP) is 3.11. The molecule has 0 heterocycles. The highest BCUT2D eigenvalue weighted by Crippen LogP contribution is 2.30. The Morgan fingerprint density at radius 1 is 1.14 bits per heavy atom. The summed E-state index contributed by atoms with van der Waals surface area (Å²) in [4.78, 5) is 0. The largest absolute Gasteiger partial charge is 0.325 e. The zero-order valence-corrected chi connectivity index (χ0v) is 10.5. The van der Waals surface area contributed by atoms with Crippen molar-refractivity contribution in [1.29, 1.82) is 0 Å². The van der Waals surface area contributed by atoms with Gasteiger partial charge in [0.15, 0.2) is 0 Å². The number of hydrogen-bond donors (Lipinski definition) is 1. The molecule has 0 radical (unpaired) electrons. The van der Waals surface area contributed by atoms with Gasteiger partial charge in [0.05, 0.1) is 0 Å². The molecule has 0 bridgehead atoms. The van der Waals surface area contributed by atoms with Gasteiger partial charge in [-0.3, -0.25) is 0 Å². The number of hydrogen-bond acceptors (Lipinski definition) is 1. The van der Waals surface area contributed by atoms with Crippen LogP contribution in [-0.2, 0) is 6.42 Å². The molecule has 0 atom stereocenters. The Balaban J connectivity index is 2.06.